The summed E-state index contributed by atoms with van der Waals surface area (Å²) in [6.45, 7) is 0.406. The van der Waals surface area contributed by atoms with Gasteiger partial charge in [-0.1, -0.05) is 24.3 Å². The Morgan fingerprint density at radius 3 is 2.52 bits per heavy atom. The number of pyridine rings is 2. The van der Waals surface area contributed by atoms with E-state index in [2.05, 4.69) is 15.1 Å². The maximum Gasteiger partial charge on any atom is 0.231 e. The molecule has 0 spiro atoms. The molecule has 1 aromatic carbocycles. The first-order chi connectivity index (χ1) is 14.2. The van der Waals surface area contributed by atoms with Gasteiger partial charge in [-0.25, -0.2) is 0 Å². The number of carbonyl (C=O) groups excluding carboxylic acids is 1. The first-order valence-corrected chi connectivity index (χ1v) is 9.38. The fourth-order valence-corrected chi connectivity index (χ4v) is 3.15. The van der Waals surface area contributed by atoms with Crippen molar-refractivity contribution < 1.29 is 4.79 Å². The van der Waals surface area contributed by atoms with Crippen molar-refractivity contribution in [1.29, 1.82) is 0 Å². The second kappa shape index (κ2) is 8.48. The van der Waals surface area contributed by atoms with E-state index in [1.807, 2.05) is 73.9 Å². The topological polar surface area (TPSA) is 63.9 Å². The quantitative estimate of drug-likeness (QED) is 0.510. The summed E-state index contributed by atoms with van der Waals surface area (Å²) in [6.07, 6.45) is 7.36. The van der Waals surface area contributed by atoms with Crippen molar-refractivity contribution in [1.82, 2.24) is 19.7 Å². The van der Waals surface area contributed by atoms with Crippen LogP contribution in [0.15, 0.2) is 85.5 Å². The lowest BCUT2D eigenvalue weighted by Gasteiger charge is -2.22. The lowest BCUT2D eigenvalue weighted by atomic mass is 10.1. The summed E-state index contributed by atoms with van der Waals surface area (Å²) in [5.74, 6) is -0.00533. The molecular weight excluding hydrogens is 362 g/mol. The van der Waals surface area contributed by atoms with Crippen molar-refractivity contribution >= 4 is 11.6 Å². The molecule has 144 valence electrons. The van der Waals surface area contributed by atoms with Gasteiger partial charge in [0.25, 0.3) is 0 Å². The maximum atomic E-state index is 13.1. The molecule has 0 saturated heterocycles. The highest BCUT2D eigenvalue weighted by Crippen LogP contribution is 2.23. The molecule has 4 rings (SSSR count). The van der Waals surface area contributed by atoms with Gasteiger partial charge in [0.15, 0.2) is 0 Å². The number of benzene rings is 1. The second-order valence-electron chi connectivity index (χ2n) is 6.76. The molecule has 0 N–H and O–H groups in total. The average molecular weight is 383 g/mol. The first-order valence-electron chi connectivity index (χ1n) is 9.38. The van der Waals surface area contributed by atoms with Crippen LogP contribution < -0.4 is 4.90 Å². The Labute approximate surface area is 169 Å². The molecule has 0 unspecified atom stereocenters. The van der Waals surface area contributed by atoms with Crippen LogP contribution >= 0.6 is 0 Å². The molecule has 0 aliphatic rings. The highest BCUT2D eigenvalue weighted by atomic mass is 16.2. The minimum atomic E-state index is -0.00533. The van der Waals surface area contributed by atoms with E-state index in [1.165, 1.54) is 0 Å². The normalized spacial score (nSPS) is 10.7. The zero-order valence-electron chi connectivity index (χ0n) is 16.1. The number of anilines is 1. The summed E-state index contributed by atoms with van der Waals surface area (Å²) < 4.78 is 1.74. The summed E-state index contributed by atoms with van der Waals surface area (Å²) in [5.41, 5.74) is 4.45. The summed E-state index contributed by atoms with van der Waals surface area (Å²) >= 11 is 0. The van der Waals surface area contributed by atoms with Crippen LogP contribution in [-0.2, 0) is 24.8 Å². The van der Waals surface area contributed by atoms with Gasteiger partial charge < -0.3 is 4.90 Å². The van der Waals surface area contributed by atoms with Crippen LogP contribution in [-0.4, -0.2) is 25.7 Å². The van der Waals surface area contributed by atoms with E-state index in [9.17, 15) is 4.79 Å². The van der Waals surface area contributed by atoms with E-state index in [4.69, 9.17) is 0 Å². The summed E-state index contributed by atoms with van der Waals surface area (Å²) in [6, 6.07) is 19.4. The second-order valence-corrected chi connectivity index (χ2v) is 6.76. The Kier molecular flexibility index (Phi) is 5.42. The predicted octanol–water partition coefficient (Wildman–Crippen LogP) is 3.65. The Morgan fingerprint density at radius 1 is 1.00 bits per heavy atom. The van der Waals surface area contributed by atoms with Crippen LogP contribution in [0.3, 0.4) is 0 Å². The molecule has 1 amide bonds. The largest absolute Gasteiger partial charge is 0.306 e. The minimum absolute atomic E-state index is 0.00533. The zero-order valence-corrected chi connectivity index (χ0v) is 16.1. The average Bonchev–Trinajstić information content (AvgIpc) is 3.18. The smallest absolute Gasteiger partial charge is 0.231 e. The third-order valence-electron chi connectivity index (χ3n) is 4.61. The van der Waals surface area contributed by atoms with Crippen molar-refractivity contribution in [3.8, 4) is 11.3 Å². The van der Waals surface area contributed by atoms with E-state index in [0.717, 1.165) is 28.2 Å². The summed E-state index contributed by atoms with van der Waals surface area (Å²) in [7, 11) is 1.87. The van der Waals surface area contributed by atoms with Gasteiger partial charge in [-0.2, -0.15) is 5.10 Å². The molecular formula is C23H21N5O. The summed E-state index contributed by atoms with van der Waals surface area (Å²) in [5, 5.41) is 4.43. The molecule has 3 aromatic heterocycles. The molecule has 0 aliphatic carbocycles. The van der Waals surface area contributed by atoms with Gasteiger partial charge >= 0.3 is 0 Å². The van der Waals surface area contributed by atoms with Crippen LogP contribution in [0.2, 0.25) is 0 Å². The van der Waals surface area contributed by atoms with Crippen LogP contribution in [0, 0.1) is 0 Å². The monoisotopic (exact) mass is 383 g/mol. The van der Waals surface area contributed by atoms with E-state index in [0.29, 0.717) is 6.54 Å². The molecule has 6 heteroatoms. The van der Waals surface area contributed by atoms with Gasteiger partial charge in [0.05, 0.1) is 24.4 Å². The van der Waals surface area contributed by atoms with Crippen molar-refractivity contribution in [3.05, 3.63) is 96.7 Å². The molecule has 4 aromatic rings. The first kappa shape index (κ1) is 18.6. The number of hydrogen-bond acceptors (Lipinski definition) is 4. The molecule has 0 saturated carbocycles. The predicted molar refractivity (Wildman–Crippen MR) is 112 cm³/mol. The number of aromatic nitrogens is 4. The number of rotatable bonds is 6. The molecule has 0 fully saturated rings. The van der Waals surface area contributed by atoms with Gasteiger partial charge in [-0.15, -0.1) is 0 Å². The van der Waals surface area contributed by atoms with E-state index >= 15 is 0 Å². The summed E-state index contributed by atoms with van der Waals surface area (Å²) in [4.78, 5) is 23.4. The molecule has 3 heterocycles. The number of amides is 1. The zero-order chi connectivity index (χ0) is 20.1. The Balaban J connectivity index is 1.61. The highest BCUT2D eigenvalue weighted by Gasteiger charge is 2.18. The third-order valence-corrected chi connectivity index (χ3v) is 4.61. The van der Waals surface area contributed by atoms with Gasteiger partial charge in [0.1, 0.15) is 0 Å². The Bertz CT molecular complexity index is 1080. The Morgan fingerprint density at radius 2 is 1.86 bits per heavy atom. The number of nitrogens with zero attached hydrogens (tertiary/aromatic N) is 5. The van der Waals surface area contributed by atoms with Gasteiger partial charge in [0, 0.05) is 43.1 Å². The molecule has 0 bridgehead atoms. The number of aryl methyl sites for hydroxylation is 1. The van der Waals surface area contributed by atoms with Crippen LogP contribution in [0.25, 0.3) is 11.3 Å². The third kappa shape index (κ3) is 4.55. The number of carbonyl (C=O) groups is 1. The molecule has 0 radical (unpaired) electrons. The van der Waals surface area contributed by atoms with E-state index < -0.39 is 0 Å². The lowest BCUT2D eigenvalue weighted by molar-refractivity contribution is -0.118. The van der Waals surface area contributed by atoms with E-state index in [-0.39, 0.29) is 12.3 Å². The van der Waals surface area contributed by atoms with Crippen LogP contribution in [0.5, 0.6) is 0 Å². The highest BCUT2D eigenvalue weighted by molar-refractivity contribution is 5.94. The van der Waals surface area contributed by atoms with Gasteiger partial charge in [-0.3, -0.25) is 19.4 Å². The van der Waals surface area contributed by atoms with Gasteiger partial charge in [-0.05, 0) is 42.0 Å². The maximum absolute atomic E-state index is 13.1. The fraction of sp³-hybridized carbons (Fsp3) is 0.130. The molecule has 0 atom stereocenters. The van der Waals surface area contributed by atoms with Crippen molar-refractivity contribution in [2.75, 3.05) is 4.90 Å². The van der Waals surface area contributed by atoms with Crippen molar-refractivity contribution in [3.63, 3.8) is 0 Å². The Hall–Kier alpha value is -3.80. The molecule has 29 heavy (non-hydrogen) atoms. The fourth-order valence-electron chi connectivity index (χ4n) is 3.15. The van der Waals surface area contributed by atoms with Gasteiger partial charge in [0.2, 0.25) is 5.91 Å². The van der Waals surface area contributed by atoms with Crippen LogP contribution in [0.4, 0.5) is 5.69 Å². The lowest BCUT2D eigenvalue weighted by Crippen LogP contribution is -2.32. The molecule has 6 nitrogen and oxygen atoms in total. The van der Waals surface area contributed by atoms with Crippen molar-refractivity contribution in [2.24, 2.45) is 7.05 Å². The van der Waals surface area contributed by atoms with E-state index in [1.54, 1.807) is 28.2 Å². The molecule has 0 aliphatic heterocycles. The van der Waals surface area contributed by atoms with Crippen LogP contribution in [0.1, 0.15) is 11.3 Å². The standard InChI is InChI=1S/C23H21N5O/c1-27-14-11-20(26-27)17-28(23(29)15-18-5-4-12-24-16-18)21-9-7-19(8-10-21)22-6-2-3-13-25-22/h2-14,16H,15,17H2,1H3. The minimum Gasteiger partial charge on any atom is -0.306 e. The van der Waals surface area contributed by atoms with Crippen molar-refractivity contribution in [2.45, 2.75) is 13.0 Å². The SMILES string of the molecule is Cn1ccc(CN(C(=O)Cc2cccnc2)c2ccc(-c3ccccn3)cc2)n1. The number of hydrogen-bond donors (Lipinski definition) is 0.